The highest BCUT2D eigenvalue weighted by atomic mass is 35.5. The van der Waals surface area contributed by atoms with E-state index in [-0.39, 0.29) is 23.5 Å². The van der Waals surface area contributed by atoms with Crippen molar-refractivity contribution in [2.75, 3.05) is 12.4 Å². The number of methoxy groups -OCH3 is 1. The van der Waals surface area contributed by atoms with Crippen molar-refractivity contribution in [1.82, 2.24) is 4.98 Å². The number of halogens is 1. The molecule has 1 aromatic heterocycles. The molecule has 0 saturated carbocycles. The van der Waals surface area contributed by atoms with Crippen LogP contribution in [0.15, 0.2) is 34.5 Å². The minimum atomic E-state index is -0.361. The Balaban J connectivity index is 1.90. The van der Waals surface area contributed by atoms with Crippen LogP contribution in [0.3, 0.4) is 0 Å². The Labute approximate surface area is 147 Å². The van der Waals surface area contributed by atoms with Crippen LogP contribution in [0.1, 0.15) is 12.6 Å². The third kappa shape index (κ3) is 5.53. The van der Waals surface area contributed by atoms with Gasteiger partial charge in [0.15, 0.2) is 5.13 Å². The Morgan fingerprint density at radius 1 is 1.39 bits per heavy atom. The molecule has 0 aliphatic rings. The molecule has 0 aliphatic heterocycles. The van der Waals surface area contributed by atoms with Gasteiger partial charge in [-0.2, -0.15) is 0 Å². The molecular formula is C15H15ClN2O3S2. The number of nitrogens with one attached hydrogen (secondary N) is 1. The Morgan fingerprint density at radius 3 is 2.74 bits per heavy atom. The molecule has 1 atom stereocenters. The molecule has 8 heteroatoms. The van der Waals surface area contributed by atoms with Gasteiger partial charge in [-0.1, -0.05) is 11.6 Å². The largest absolute Gasteiger partial charge is 0.469 e. The molecular weight excluding hydrogens is 356 g/mol. The van der Waals surface area contributed by atoms with E-state index in [1.807, 2.05) is 19.1 Å². The first-order valence-electron chi connectivity index (χ1n) is 6.72. The molecule has 1 amide bonds. The number of rotatable bonds is 6. The Hall–Kier alpha value is -1.57. The van der Waals surface area contributed by atoms with Gasteiger partial charge in [0.05, 0.1) is 24.5 Å². The van der Waals surface area contributed by atoms with E-state index >= 15 is 0 Å². The highest BCUT2D eigenvalue weighted by Crippen LogP contribution is 2.26. The summed E-state index contributed by atoms with van der Waals surface area (Å²) in [5.74, 6) is -0.510. The van der Waals surface area contributed by atoms with E-state index in [4.69, 9.17) is 11.6 Å². The van der Waals surface area contributed by atoms with E-state index in [1.54, 1.807) is 17.5 Å². The smallest absolute Gasteiger partial charge is 0.311 e. The molecule has 0 fully saturated rings. The SMILES string of the molecule is COC(=O)Cc1csc(NC(=O)C(C)Sc2ccc(Cl)cc2)n1. The van der Waals surface area contributed by atoms with Crippen molar-refractivity contribution in [2.24, 2.45) is 0 Å². The second-order valence-corrected chi connectivity index (χ2v) is 7.31. The molecule has 1 heterocycles. The van der Waals surface area contributed by atoms with Crippen molar-refractivity contribution in [2.45, 2.75) is 23.5 Å². The summed E-state index contributed by atoms with van der Waals surface area (Å²) in [5.41, 5.74) is 0.579. The van der Waals surface area contributed by atoms with E-state index in [9.17, 15) is 9.59 Å². The van der Waals surface area contributed by atoms with Crippen molar-refractivity contribution in [3.8, 4) is 0 Å². The van der Waals surface area contributed by atoms with Gasteiger partial charge in [-0.15, -0.1) is 23.1 Å². The third-order valence-electron chi connectivity index (χ3n) is 2.83. The summed E-state index contributed by atoms with van der Waals surface area (Å²) in [5, 5.41) is 5.32. The Morgan fingerprint density at radius 2 is 2.09 bits per heavy atom. The highest BCUT2D eigenvalue weighted by molar-refractivity contribution is 8.00. The minimum Gasteiger partial charge on any atom is -0.469 e. The fraction of sp³-hybridized carbons (Fsp3) is 0.267. The maximum absolute atomic E-state index is 12.2. The van der Waals surface area contributed by atoms with Crippen LogP contribution in [-0.4, -0.2) is 29.2 Å². The van der Waals surface area contributed by atoms with Crippen LogP contribution < -0.4 is 5.32 Å². The number of thiazole rings is 1. The van der Waals surface area contributed by atoms with Gasteiger partial charge >= 0.3 is 5.97 Å². The van der Waals surface area contributed by atoms with Crippen LogP contribution >= 0.6 is 34.7 Å². The second kappa shape index (κ2) is 8.33. The van der Waals surface area contributed by atoms with Gasteiger partial charge in [0.1, 0.15) is 0 Å². The summed E-state index contributed by atoms with van der Waals surface area (Å²) in [6.07, 6.45) is 0.0952. The first kappa shape index (κ1) is 17.8. The lowest BCUT2D eigenvalue weighted by atomic mass is 10.3. The van der Waals surface area contributed by atoms with Gasteiger partial charge in [-0.25, -0.2) is 4.98 Å². The quantitative estimate of drug-likeness (QED) is 0.621. The van der Waals surface area contributed by atoms with Gasteiger partial charge in [0.25, 0.3) is 0 Å². The van der Waals surface area contributed by atoms with Crippen LogP contribution in [0.4, 0.5) is 5.13 Å². The minimum absolute atomic E-state index is 0.0952. The third-order valence-corrected chi connectivity index (χ3v) is 5.00. The molecule has 0 spiro atoms. The van der Waals surface area contributed by atoms with Crippen LogP contribution in [0.5, 0.6) is 0 Å². The van der Waals surface area contributed by atoms with E-state index in [2.05, 4.69) is 15.0 Å². The van der Waals surface area contributed by atoms with Gasteiger partial charge in [-0.3, -0.25) is 9.59 Å². The number of amides is 1. The molecule has 0 aliphatic carbocycles. The Bertz CT molecular complexity index is 688. The van der Waals surface area contributed by atoms with Crippen molar-refractivity contribution in [3.05, 3.63) is 40.4 Å². The number of aromatic nitrogens is 1. The predicted octanol–water partition coefficient (Wildman–Crippen LogP) is 3.63. The van der Waals surface area contributed by atoms with E-state index in [0.717, 1.165) is 4.90 Å². The normalized spacial score (nSPS) is 11.8. The van der Waals surface area contributed by atoms with E-state index < -0.39 is 0 Å². The highest BCUT2D eigenvalue weighted by Gasteiger charge is 2.16. The lowest BCUT2D eigenvalue weighted by Gasteiger charge is -2.10. The van der Waals surface area contributed by atoms with Crippen LogP contribution in [0.2, 0.25) is 5.02 Å². The molecule has 23 heavy (non-hydrogen) atoms. The zero-order valence-electron chi connectivity index (χ0n) is 12.5. The topological polar surface area (TPSA) is 68.3 Å². The maximum atomic E-state index is 12.2. The number of esters is 1. The lowest BCUT2D eigenvalue weighted by Crippen LogP contribution is -2.22. The number of nitrogens with zero attached hydrogens (tertiary/aromatic N) is 1. The summed E-state index contributed by atoms with van der Waals surface area (Å²) >= 11 is 8.55. The van der Waals surface area contributed by atoms with Crippen LogP contribution in [-0.2, 0) is 20.7 Å². The molecule has 1 N–H and O–H groups in total. The standard InChI is InChI=1S/C15H15ClN2O3S2/c1-9(23-12-5-3-10(16)4-6-12)14(20)18-15-17-11(8-22-15)7-13(19)21-2/h3-6,8-9H,7H2,1-2H3,(H,17,18,20). The average molecular weight is 371 g/mol. The summed E-state index contributed by atoms with van der Waals surface area (Å²) in [4.78, 5) is 28.5. The molecule has 122 valence electrons. The van der Waals surface area contributed by atoms with Crippen molar-refractivity contribution in [1.29, 1.82) is 0 Å². The molecule has 2 rings (SSSR count). The van der Waals surface area contributed by atoms with E-state index in [1.165, 1.54) is 30.2 Å². The van der Waals surface area contributed by atoms with Crippen LogP contribution in [0, 0.1) is 0 Å². The predicted molar refractivity (Wildman–Crippen MR) is 93.2 cm³/mol. The maximum Gasteiger partial charge on any atom is 0.311 e. The van der Waals surface area contributed by atoms with E-state index in [0.29, 0.717) is 15.8 Å². The molecule has 0 radical (unpaired) electrons. The number of ether oxygens (including phenoxy) is 1. The fourth-order valence-electron chi connectivity index (χ4n) is 1.64. The molecule has 5 nitrogen and oxygen atoms in total. The number of hydrogen-bond acceptors (Lipinski definition) is 6. The molecule has 0 bridgehead atoms. The van der Waals surface area contributed by atoms with Gasteiger partial charge in [0, 0.05) is 15.3 Å². The van der Waals surface area contributed by atoms with Gasteiger partial charge in [-0.05, 0) is 31.2 Å². The number of carbonyl (C=O) groups is 2. The Kier molecular flexibility index (Phi) is 6.44. The average Bonchev–Trinajstić information content (AvgIpc) is 2.96. The molecule has 0 saturated heterocycles. The van der Waals surface area contributed by atoms with Crippen molar-refractivity contribution >= 4 is 51.7 Å². The lowest BCUT2D eigenvalue weighted by molar-refractivity contribution is -0.139. The fourth-order valence-corrected chi connectivity index (χ4v) is 3.35. The number of anilines is 1. The summed E-state index contributed by atoms with van der Waals surface area (Å²) in [6.45, 7) is 1.82. The number of thioether (sulfide) groups is 1. The van der Waals surface area contributed by atoms with Crippen molar-refractivity contribution in [3.63, 3.8) is 0 Å². The second-order valence-electron chi connectivity index (χ2n) is 4.60. The zero-order chi connectivity index (χ0) is 16.8. The molecule has 1 unspecified atom stereocenters. The summed E-state index contributed by atoms with van der Waals surface area (Å²) in [7, 11) is 1.33. The number of benzene rings is 1. The van der Waals surface area contributed by atoms with Crippen LogP contribution in [0.25, 0.3) is 0 Å². The zero-order valence-corrected chi connectivity index (χ0v) is 14.9. The molecule has 1 aromatic carbocycles. The first-order valence-corrected chi connectivity index (χ1v) is 8.86. The summed E-state index contributed by atoms with van der Waals surface area (Å²) in [6, 6.07) is 7.31. The first-order chi connectivity index (χ1) is 11.0. The molecule has 2 aromatic rings. The number of carbonyl (C=O) groups excluding carboxylic acids is 2. The number of hydrogen-bond donors (Lipinski definition) is 1. The van der Waals surface area contributed by atoms with Gasteiger partial charge in [0.2, 0.25) is 5.91 Å². The van der Waals surface area contributed by atoms with Gasteiger partial charge < -0.3 is 10.1 Å². The summed E-state index contributed by atoms with van der Waals surface area (Å²) < 4.78 is 4.58. The monoisotopic (exact) mass is 370 g/mol. The van der Waals surface area contributed by atoms with Crippen molar-refractivity contribution < 1.29 is 14.3 Å².